The van der Waals surface area contributed by atoms with E-state index in [4.69, 9.17) is 12.2 Å². The second kappa shape index (κ2) is 8.69. The van der Waals surface area contributed by atoms with Gasteiger partial charge >= 0.3 is 0 Å². The number of thiocarbonyl (C=S) groups is 1. The molecule has 4 rings (SSSR count). The standard InChI is InChI=1S/C26H28BrN3O2S/c1-15(2)30-22-11-6-17(12-20(22)16(3)14-26(30,4)5)13-21-23(31)28-25(33)29(24(21)32)19-9-7-18(27)8-10-19/h6-13,15-16H,14H2,1-5H3,(H,28,31,33)/b21-13+/t16-/m1/s1. The highest BCUT2D eigenvalue weighted by Crippen LogP contribution is 2.44. The van der Waals surface area contributed by atoms with Crippen molar-refractivity contribution in [2.75, 3.05) is 9.80 Å². The first kappa shape index (κ1) is 23.6. The third-order valence-corrected chi connectivity index (χ3v) is 7.13. The van der Waals surface area contributed by atoms with Gasteiger partial charge in [0.2, 0.25) is 0 Å². The molecule has 2 aliphatic rings. The topological polar surface area (TPSA) is 52.7 Å². The van der Waals surface area contributed by atoms with Gasteiger partial charge in [0.25, 0.3) is 11.8 Å². The summed E-state index contributed by atoms with van der Waals surface area (Å²) in [6.45, 7) is 11.2. The third-order valence-electron chi connectivity index (χ3n) is 6.31. The minimum absolute atomic E-state index is 0.0562. The van der Waals surface area contributed by atoms with Gasteiger partial charge in [-0.3, -0.25) is 19.8 Å². The maximum Gasteiger partial charge on any atom is 0.270 e. The zero-order valence-corrected chi connectivity index (χ0v) is 21.9. The van der Waals surface area contributed by atoms with E-state index in [9.17, 15) is 9.59 Å². The summed E-state index contributed by atoms with van der Waals surface area (Å²) in [6.07, 6.45) is 2.70. The van der Waals surface area contributed by atoms with Gasteiger partial charge in [0.15, 0.2) is 5.11 Å². The van der Waals surface area contributed by atoms with Crippen molar-refractivity contribution in [3.63, 3.8) is 0 Å². The predicted octanol–water partition coefficient (Wildman–Crippen LogP) is 5.78. The minimum atomic E-state index is -0.478. The molecule has 1 atom stereocenters. The van der Waals surface area contributed by atoms with Crippen LogP contribution in [0.15, 0.2) is 52.5 Å². The Balaban J connectivity index is 1.73. The Morgan fingerprint density at radius 3 is 2.45 bits per heavy atom. The van der Waals surface area contributed by atoms with E-state index in [0.29, 0.717) is 17.6 Å². The lowest BCUT2D eigenvalue weighted by atomic mass is 9.78. The van der Waals surface area contributed by atoms with Crippen molar-refractivity contribution in [2.24, 2.45) is 0 Å². The SMILES string of the molecule is CC(C)N1c2ccc(/C=C3\C(=O)NC(=S)N(c4ccc(Br)cc4)C3=O)cc2[C@H](C)CC1(C)C. The van der Waals surface area contributed by atoms with Gasteiger partial charge in [-0.1, -0.05) is 28.9 Å². The summed E-state index contributed by atoms with van der Waals surface area (Å²) in [7, 11) is 0. The first-order chi connectivity index (χ1) is 15.5. The van der Waals surface area contributed by atoms with Crippen LogP contribution in [0.4, 0.5) is 11.4 Å². The summed E-state index contributed by atoms with van der Waals surface area (Å²) in [4.78, 5) is 29.8. The molecular weight excluding hydrogens is 498 g/mol. The van der Waals surface area contributed by atoms with E-state index in [0.717, 1.165) is 16.5 Å². The van der Waals surface area contributed by atoms with E-state index in [1.54, 1.807) is 18.2 Å². The van der Waals surface area contributed by atoms with Crippen LogP contribution in [0.2, 0.25) is 0 Å². The quantitative estimate of drug-likeness (QED) is 0.313. The van der Waals surface area contributed by atoms with Gasteiger partial charge in [-0.15, -0.1) is 0 Å². The second-order valence-corrected chi connectivity index (χ2v) is 10.9. The highest BCUT2D eigenvalue weighted by atomic mass is 79.9. The number of carbonyl (C=O) groups is 2. The fourth-order valence-electron chi connectivity index (χ4n) is 5.19. The molecule has 7 heteroatoms. The number of carbonyl (C=O) groups excluding carboxylic acids is 2. The van der Waals surface area contributed by atoms with Crippen molar-refractivity contribution >= 4 is 62.5 Å². The van der Waals surface area contributed by atoms with E-state index in [-0.39, 0.29) is 16.2 Å². The Morgan fingerprint density at radius 2 is 1.82 bits per heavy atom. The van der Waals surface area contributed by atoms with Crippen LogP contribution in [0.5, 0.6) is 0 Å². The Morgan fingerprint density at radius 1 is 1.15 bits per heavy atom. The van der Waals surface area contributed by atoms with Crippen LogP contribution in [0.25, 0.3) is 6.08 Å². The average molecular weight is 527 g/mol. The highest BCUT2D eigenvalue weighted by Gasteiger charge is 2.38. The van der Waals surface area contributed by atoms with Crippen LogP contribution in [-0.4, -0.2) is 28.5 Å². The average Bonchev–Trinajstić information content (AvgIpc) is 2.71. The molecule has 1 saturated heterocycles. The van der Waals surface area contributed by atoms with Crippen LogP contribution >= 0.6 is 28.1 Å². The molecular formula is C26H28BrN3O2S. The fourth-order valence-corrected chi connectivity index (χ4v) is 5.73. The number of halogens is 1. The second-order valence-electron chi connectivity index (χ2n) is 9.63. The molecule has 2 aromatic rings. The number of benzene rings is 2. The number of nitrogens with one attached hydrogen (secondary N) is 1. The van der Waals surface area contributed by atoms with Crippen molar-refractivity contribution < 1.29 is 9.59 Å². The Kier molecular flexibility index (Phi) is 6.22. The minimum Gasteiger partial charge on any atom is -0.364 e. The maximum absolute atomic E-state index is 13.3. The molecule has 1 N–H and O–H groups in total. The number of rotatable bonds is 3. The van der Waals surface area contributed by atoms with Gasteiger partial charge in [-0.2, -0.15) is 0 Å². The normalized spacial score (nSPS) is 21.5. The molecule has 0 aliphatic carbocycles. The lowest BCUT2D eigenvalue weighted by molar-refractivity contribution is -0.122. The molecule has 0 saturated carbocycles. The zero-order chi connectivity index (χ0) is 24.1. The van der Waals surface area contributed by atoms with E-state index in [1.165, 1.54) is 16.2 Å². The molecule has 0 radical (unpaired) electrons. The Hall–Kier alpha value is -2.51. The summed E-state index contributed by atoms with van der Waals surface area (Å²) in [5, 5.41) is 2.74. The molecule has 2 amide bonds. The third kappa shape index (κ3) is 4.36. The van der Waals surface area contributed by atoms with E-state index in [1.807, 2.05) is 18.2 Å². The first-order valence-corrected chi connectivity index (χ1v) is 12.3. The monoisotopic (exact) mass is 525 g/mol. The van der Waals surface area contributed by atoms with Crippen molar-refractivity contribution in [1.82, 2.24) is 5.32 Å². The van der Waals surface area contributed by atoms with Crippen LogP contribution in [0.3, 0.4) is 0 Å². The summed E-state index contributed by atoms with van der Waals surface area (Å²) < 4.78 is 0.892. The highest BCUT2D eigenvalue weighted by molar-refractivity contribution is 9.10. The van der Waals surface area contributed by atoms with Gasteiger partial charge in [0.05, 0.1) is 5.69 Å². The summed E-state index contributed by atoms with van der Waals surface area (Å²) in [6, 6.07) is 13.8. The van der Waals surface area contributed by atoms with Crippen molar-refractivity contribution in [3.05, 3.63) is 63.6 Å². The largest absolute Gasteiger partial charge is 0.364 e. The lowest BCUT2D eigenvalue weighted by Gasteiger charge is -2.50. The summed E-state index contributed by atoms with van der Waals surface area (Å²) in [5.74, 6) is -0.540. The Labute approximate surface area is 209 Å². The van der Waals surface area contributed by atoms with E-state index < -0.39 is 11.8 Å². The van der Waals surface area contributed by atoms with Crippen molar-refractivity contribution in [2.45, 2.75) is 58.5 Å². The predicted molar refractivity (Wildman–Crippen MR) is 142 cm³/mol. The molecule has 1 fully saturated rings. The number of anilines is 2. The molecule has 172 valence electrons. The summed E-state index contributed by atoms with van der Waals surface area (Å²) >= 11 is 8.70. The molecule has 33 heavy (non-hydrogen) atoms. The number of hydrogen-bond donors (Lipinski definition) is 1. The van der Waals surface area contributed by atoms with Crippen LogP contribution in [-0.2, 0) is 9.59 Å². The Bertz CT molecular complexity index is 1170. The van der Waals surface area contributed by atoms with Gasteiger partial charge in [0.1, 0.15) is 5.57 Å². The van der Waals surface area contributed by atoms with Crippen LogP contribution in [0, 0.1) is 0 Å². The summed E-state index contributed by atoms with van der Waals surface area (Å²) in [5.41, 5.74) is 4.00. The molecule has 0 bridgehead atoms. The van der Waals surface area contributed by atoms with Crippen LogP contribution in [0.1, 0.15) is 58.1 Å². The van der Waals surface area contributed by atoms with Crippen molar-refractivity contribution in [1.29, 1.82) is 0 Å². The number of nitrogens with zero attached hydrogens (tertiary/aromatic N) is 2. The number of amides is 2. The molecule has 2 aromatic carbocycles. The molecule has 0 unspecified atom stereocenters. The molecule has 2 aliphatic heterocycles. The number of fused-ring (bicyclic) bond motifs is 1. The first-order valence-electron chi connectivity index (χ1n) is 11.1. The van der Waals surface area contributed by atoms with Gasteiger partial charge in [-0.25, -0.2) is 0 Å². The fraction of sp³-hybridized carbons (Fsp3) is 0.346. The molecule has 0 aromatic heterocycles. The molecule has 2 heterocycles. The van der Waals surface area contributed by atoms with E-state index >= 15 is 0 Å². The van der Waals surface area contributed by atoms with E-state index in [2.05, 4.69) is 72.9 Å². The van der Waals surface area contributed by atoms with Gasteiger partial charge in [0, 0.05) is 21.7 Å². The van der Waals surface area contributed by atoms with Crippen LogP contribution < -0.4 is 15.1 Å². The van der Waals surface area contributed by atoms with Gasteiger partial charge < -0.3 is 4.90 Å². The molecule has 0 spiro atoms. The maximum atomic E-state index is 13.3. The van der Waals surface area contributed by atoms with Crippen molar-refractivity contribution in [3.8, 4) is 0 Å². The molecule has 5 nitrogen and oxygen atoms in total. The zero-order valence-electron chi connectivity index (χ0n) is 19.5. The number of hydrogen-bond acceptors (Lipinski definition) is 4. The smallest absolute Gasteiger partial charge is 0.270 e. The lowest BCUT2D eigenvalue weighted by Crippen LogP contribution is -2.54. The van der Waals surface area contributed by atoms with Gasteiger partial charge in [-0.05, 0) is 106 Å².